The van der Waals surface area contributed by atoms with Crippen LogP contribution in [-0.2, 0) is 6.54 Å². The van der Waals surface area contributed by atoms with Gasteiger partial charge >= 0.3 is 0 Å². The van der Waals surface area contributed by atoms with Crippen molar-refractivity contribution in [2.24, 2.45) is 0 Å². The van der Waals surface area contributed by atoms with Crippen molar-refractivity contribution >= 4 is 0 Å². The molecule has 1 aromatic heterocycles. The Labute approximate surface area is 69.2 Å². The molecular formula is C9H18N2. The molecule has 11 heavy (non-hydrogen) atoms. The zero-order chi connectivity index (χ0) is 8.85. The molecule has 2 heteroatoms. The van der Waals surface area contributed by atoms with Crippen LogP contribution in [-0.4, -0.2) is 9.78 Å². The molecule has 0 aliphatic rings. The number of nitrogens with zero attached hydrogens (tertiary/aromatic N) is 2. The van der Waals surface area contributed by atoms with Crippen LogP contribution in [0.5, 0.6) is 0 Å². The van der Waals surface area contributed by atoms with Crippen molar-refractivity contribution in [3.63, 3.8) is 0 Å². The van der Waals surface area contributed by atoms with Crippen LogP contribution in [0.25, 0.3) is 0 Å². The average molecular weight is 154 g/mol. The van der Waals surface area contributed by atoms with Gasteiger partial charge in [-0.2, -0.15) is 5.10 Å². The summed E-state index contributed by atoms with van der Waals surface area (Å²) < 4.78 is 1.95. The topological polar surface area (TPSA) is 17.8 Å². The maximum atomic E-state index is 4.25. The number of aromatic nitrogens is 2. The van der Waals surface area contributed by atoms with Crippen molar-refractivity contribution < 1.29 is 0 Å². The maximum Gasteiger partial charge on any atom is 0.0622 e. The molecule has 0 amide bonds. The van der Waals surface area contributed by atoms with E-state index in [0.29, 0.717) is 0 Å². The van der Waals surface area contributed by atoms with Crippen LogP contribution in [0.2, 0.25) is 0 Å². The molecule has 0 saturated carbocycles. The lowest BCUT2D eigenvalue weighted by Gasteiger charge is -1.89. The van der Waals surface area contributed by atoms with Gasteiger partial charge in [-0.1, -0.05) is 13.8 Å². The molecule has 0 aliphatic heterocycles. The number of rotatable bonds is 1. The van der Waals surface area contributed by atoms with Gasteiger partial charge in [0, 0.05) is 12.7 Å². The quantitative estimate of drug-likeness (QED) is 0.608. The summed E-state index contributed by atoms with van der Waals surface area (Å²) in [5, 5.41) is 4.25. The molecule has 0 radical (unpaired) electrons. The van der Waals surface area contributed by atoms with Gasteiger partial charge in [0.1, 0.15) is 0 Å². The van der Waals surface area contributed by atoms with Crippen LogP contribution in [0.4, 0.5) is 0 Å². The zero-order valence-electron chi connectivity index (χ0n) is 8.18. The molecule has 64 valence electrons. The van der Waals surface area contributed by atoms with Gasteiger partial charge in [-0.15, -0.1) is 0 Å². The minimum absolute atomic E-state index is 0.967. The van der Waals surface area contributed by atoms with Crippen LogP contribution >= 0.6 is 0 Å². The average Bonchev–Trinajstić information content (AvgIpc) is 2.36. The minimum atomic E-state index is 0.967. The van der Waals surface area contributed by atoms with E-state index in [4.69, 9.17) is 0 Å². The first-order valence-corrected chi connectivity index (χ1v) is 4.24. The van der Waals surface area contributed by atoms with Gasteiger partial charge in [0.15, 0.2) is 0 Å². The van der Waals surface area contributed by atoms with Crippen LogP contribution in [0, 0.1) is 13.8 Å². The summed E-state index contributed by atoms with van der Waals surface area (Å²) in [6.45, 7) is 11.2. The van der Waals surface area contributed by atoms with Crippen molar-refractivity contribution in [1.29, 1.82) is 0 Å². The Bertz CT molecular complexity index is 182. The summed E-state index contributed by atoms with van der Waals surface area (Å²) in [5.74, 6) is 0. The summed E-state index contributed by atoms with van der Waals surface area (Å²) in [4.78, 5) is 0. The second-order valence-electron chi connectivity index (χ2n) is 2.25. The van der Waals surface area contributed by atoms with Crippen LogP contribution in [0.3, 0.4) is 0 Å². The number of hydrogen-bond acceptors (Lipinski definition) is 1. The second kappa shape index (κ2) is 4.94. The molecule has 0 atom stereocenters. The lowest BCUT2D eigenvalue weighted by atomic mass is 10.3. The summed E-state index contributed by atoms with van der Waals surface area (Å²) in [5.41, 5.74) is 2.41. The molecule has 1 aromatic rings. The van der Waals surface area contributed by atoms with E-state index < -0.39 is 0 Å². The highest BCUT2D eigenvalue weighted by Crippen LogP contribution is 2.01. The van der Waals surface area contributed by atoms with Crippen LogP contribution in [0.15, 0.2) is 6.20 Å². The standard InChI is InChI=1S/C7H12N2.C2H6/c1-4-9-5-6(2)7(3)8-9;1-2/h5H,4H2,1-3H3;1-2H3. The predicted molar refractivity (Wildman–Crippen MR) is 48.7 cm³/mol. The SMILES string of the molecule is CC.CCn1cc(C)c(C)n1. The molecule has 1 rings (SSSR count). The van der Waals surface area contributed by atoms with Crippen LogP contribution in [0.1, 0.15) is 32.0 Å². The third-order valence-electron chi connectivity index (χ3n) is 1.52. The summed E-state index contributed by atoms with van der Waals surface area (Å²) in [6, 6.07) is 0. The fourth-order valence-electron chi connectivity index (χ4n) is 0.779. The van der Waals surface area contributed by atoms with E-state index >= 15 is 0 Å². The van der Waals surface area contributed by atoms with Crippen molar-refractivity contribution in [1.82, 2.24) is 9.78 Å². The summed E-state index contributed by atoms with van der Waals surface area (Å²) >= 11 is 0. The smallest absolute Gasteiger partial charge is 0.0622 e. The molecule has 0 bridgehead atoms. The lowest BCUT2D eigenvalue weighted by Crippen LogP contribution is -1.93. The Kier molecular flexibility index (Phi) is 4.59. The molecule has 2 nitrogen and oxygen atoms in total. The predicted octanol–water partition coefficient (Wildman–Crippen LogP) is 2.55. The van der Waals surface area contributed by atoms with E-state index in [1.807, 2.05) is 25.5 Å². The molecule has 1 heterocycles. The molecule has 0 unspecified atom stereocenters. The van der Waals surface area contributed by atoms with E-state index in [2.05, 4.69) is 25.1 Å². The minimum Gasteiger partial charge on any atom is -0.273 e. The van der Waals surface area contributed by atoms with Crippen molar-refractivity contribution in [3.8, 4) is 0 Å². The highest BCUT2D eigenvalue weighted by Gasteiger charge is 1.95. The summed E-state index contributed by atoms with van der Waals surface area (Å²) in [6.07, 6.45) is 2.06. The first kappa shape index (κ1) is 10.2. The molecule has 0 fully saturated rings. The second-order valence-corrected chi connectivity index (χ2v) is 2.25. The fraction of sp³-hybridized carbons (Fsp3) is 0.667. The summed E-state index contributed by atoms with van der Waals surface area (Å²) in [7, 11) is 0. The lowest BCUT2D eigenvalue weighted by molar-refractivity contribution is 0.653. The number of aryl methyl sites for hydroxylation is 3. The van der Waals surface area contributed by atoms with Gasteiger partial charge in [-0.25, -0.2) is 0 Å². The Morgan fingerprint density at radius 3 is 2.09 bits per heavy atom. The monoisotopic (exact) mass is 154 g/mol. The van der Waals surface area contributed by atoms with Gasteiger partial charge < -0.3 is 0 Å². The van der Waals surface area contributed by atoms with E-state index in [1.54, 1.807) is 0 Å². The van der Waals surface area contributed by atoms with Crippen molar-refractivity contribution in [2.75, 3.05) is 0 Å². The highest BCUT2D eigenvalue weighted by atomic mass is 15.3. The Hall–Kier alpha value is -0.790. The normalized spacial score (nSPS) is 8.82. The van der Waals surface area contributed by atoms with Crippen molar-refractivity contribution in [3.05, 3.63) is 17.5 Å². The van der Waals surface area contributed by atoms with Gasteiger partial charge in [-0.3, -0.25) is 4.68 Å². The largest absolute Gasteiger partial charge is 0.273 e. The van der Waals surface area contributed by atoms with Crippen molar-refractivity contribution in [2.45, 2.75) is 41.2 Å². The first-order valence-electron chi connectivity index (χ1n) is 4.24. The third-order valence-corrected chi connectivity index (χ3v) is 1.52. The molecule has 0 N–H and O–H groups in total. The van der Waals surface area contributed by atoms with Gasteiger partial charge in [0.2, 0.25) is 0 Å². The van der Waals surface area contributed by atoms with E-state index in [0.717, 1.165) is 12.2 Å². The Balaban J connectivity index is 0.000000461. The van der Waals surface area contributed by atoms with E-state index in [-0.39, 0.29) is 0 Å². The molecule has 0 aliphatic carbocycles. The number of hydrogen-bond donors (Lipinski definition) is 0. The Morgan fingerprint density at radius 1 is 1.36 bits per heavy atom. The zero-order valence-corrected chi connectivity index (χ0v) is 8.18. The molecule has 0 saturated heterocycles. The Morgan fingerprint density at radius 2 is 1.91 bits per heavy atom. The first-order chi connectivity index (χ1) is 5.24. The molecule has 0 spiro atoms. The van der Waals surface area contributed by atoms with Gasteiger partial charge in [0.25, 0.3) is 0 Å². The van der Waals surface area contributed by atoms with Gasteiger partial charge in [0.05, 0.1) is 5.69 Å². The third kappa shape index (κ3) is 2.74. The molecule has 0 aromatic carbocycles. The van der Waals surface area contributed by atoms with Gasteiger partial charge in [-0.05, 0) is 26.3 Å². The van der Waals surface area contributed by atoms with Crippen LogP contribution < -0.4 is 0 Å². The van der Waals surface area contributed by atoms with E-state index in [1.165, 1.54) is 5.56 Å². The fourth-order valence-corrected chi connectivity index (χ4v) is 0.779. The molecular weight excluding hydrogens is 136 g/mol. The highest BCUT2D eigenvalue weighted by molar-refractivity contribution is 5.12. The van der Waals surface area contributed by atoms with E-state index in [9.17, 15) is 0 Å². The maximum absolute atomic E-state index is 4.25.